The zero-order valence-corrected chi connectivity index (χ0v) is 46.5. The summed E-state index contributed by atoms with van der Waals surface area (Å²) in [5.41, 5.74) is 23.0. The highest BCUT2D eigenvalue weighted by atomic mass is 15.2. The quantitative estimate of drug-likeness (QED) is 0.108. The van der Waals surface area contributed by atoms with E-state index in [0.717, 1.165) is 90.5 Å². The van der Waals surface area contributed by atoms with Crippen LogP contribution in [0.1, 0.15) is 25.0 Å². The van der Waals surface area contributed by atoms with Crippen LogP contribution in [0.15, 0.2) is 328 Å². The molecule has 0 aromatic heterocycles. The fourth-order valence-corrected chi connectivity index (χ4v) is 12.3. The van der Waals surface area contributed by atoms with Gasteiger partial charge in [0.15, 0.2) is 0 Å². The lowest BCUT2D eigenvalue weighted by atomic mass is 9.82. The van der Waals surface area contributed by atoms with Gasteiger partial charge in [-0.1, -0.05) is 202 Å². The van der Waals surface area contributed by atoms with Crippen LogP contribution in [0.2, 0.25) is 0 Å². The molecule has 0 saturated carbocycles. The summed E-state index contributed by atoms with van der Waals surface area (Å²) in [6, 6.07) is 118. The van der Waals surface area contributed by atoms with Crippen LogP contribution in [0.3, 0.4) is 0 Å². The first-order chi connectivity index (χ1) is 40.9. The van der Waals surface area contributed by atoms with Crippen LogP contribution in [0.5, 0.6) is 0 Å². The Morgan fingerprint density at radius 2 is 0.518 bits per heavy atom. The summed E-state index contributed by atoms with van der Waals surface area (Å²) in [6.45, 7) is 4.71. The first kappa shape index (κ1) is 50.5. The Hall–Kier alpha value is -10.7. The van der Waals surface area contributed by atoms with Gasteiger partial charge >= 0.3 is 0 Å². The van der Waals surface area contributed by atoms with Crippen molar-refractivity contribution >= 4 is 79.0 Å². The van der Waals surface area contributed by atoms with E-state index in [0.29, 0.717) is 0 Å². The van der Waals surface area contributed by atoms with Gasteiger partial charge < -0.3 is 19.6 Å². The molecule has 13 aromatic carbocycles. The molecule has 0 spiro atoms. The maximum Gasteiger partial charge on any atom is 0.0540 e. The molecule has 0 saturated heterocycles. The van der Waals surface area contributed by atoms with Crippen LogP contribution < -0.4 is 19.6 Å². The van der Waals surface area contributed by atoms with Gasteiger partial charge in [-0.2, -0.15) is 0 Å². The topological polar surface area (TPSA) is 13.0 Å². The lowest BCUT2D eigenvalue weighted by Crippen LogP contribution is -2.16. The van der Waals surface area contributed by atoms with E-state index in [9.17, 15) is 0 Å². The van der Waals surface area contributed by atoms with Crippen LogP contribution in [-0.2, 0) is 5.41 Å². The second-order valence-electron chi connectivity index (χ2n) is 21.8. The average molecular weight is 1070 g/mol. The van der Waals surface area contributed by atoms with Gasteiger partial charge in [-0.25, -0.2) is 0 Å². The number of hydrogen-bond acceptors (Lipinski definition) is 4. The molecule has 0 amide bonds. The van der Waals surface area contributed by atoms with Crippen LogP contribution in [0, 0.1) is 0 Å². The summed E-state index contributed by atoms with van der Waals surface area (Å²) in [6.07, 6.45) is 0. The molecule has 0 aliphatic heterocycles. The molecule has 0 fully saturated rings. The van der Waals surface area contributed by atoms with E-state index in [1.54, 1.807) is 0 Å². The van der Waals surface area contributed by atoms with Crippen LogP contribution in [0.25, 0.3) is 44.2 Å². The number of hydrogen-bond donors (Lipinski definition) is 0. The van der Waals surface area contributed by atoms with E-state index in [-0.39, 0.29) is 5.41 Å². The molecule has 0 unspecified atom stereocenters. The number of benzene rings is 13. The van der Waals surface area contributed by atoms with Crippen molar-refractivity contribution in [3.05, 3.63) is 339 Å². The van der Waals surface area contributed by atoms with Crippen molar-refractivity contribution in [1.29, 1.82) is 0 Å². The highest BCUT2D eigenvalue weighted by molar-refractivity contribution is 5.99. The number of anilines is 12. The van der Waals surface area contributed by atoms with E-state index >= 15 is 0 Å². The Balaban J connectivity index is 0.787. The van der Waals surface area contributed by atoms with E-state index < -0.39 is 0 Å². The molecule has 13 aromatic rings. The molecule has 0 heterocycles. The summed E-state index contributed by atoms with van der Waals surface area (Å²) >= 11 is 0. The number of para-hydroxylation sites is 4. The molecule has 14 rings (SSSR count). The van der Waals surface area contributed by atoms with Crippen LogP contribution in [-0.4, -0.2) is 0 Å². The minimum atomic E-state index is -0.144. The fourth-order valence-electron chi connectivity index (χ4n) is 12.3. The van der Waals surface area contributed by atoms with Gasteiger partial charge in [-0.15, -0.1) is 0 Å². The lowest BCUT2D eigenvalue weighted by Gasteiger charge is -2.29. The summed E-state index contributed by atoms with van der Waals surface area (Å²) < 4.78 is 0. The Kier molecular flexibility index (Phi) is 13.2. The molecular weight excluding hydrogens is 1000 g/mol. The van der Waals surface area contributed by atoms with Gasteiger partial charge in [0.2, 0.25) is 0 Å². The molecule has 1 aliphatic rings. The van der Waals surface area contributed by atoms with E-state index in [4.69, 9.17) is 0 Å². The second-order valence-corrected chi connectivity index (χ2v) is 21.8. The van der Waals surface area contributed by atoms with Crippen molar-refractivity contribution < 1.29 is 0 Å². The summed E-state index contributed by atoms with van der Waals surface area (Å²) in [5.74, 6) is 0. The maximum absolute atomic E-state index is 2.41. The Bertz CT molecular complexity index is 4270. The third-order valence-electron chi connectivity index (χ3n) is 16.4. The molecule has 4 heteroatoms. The van der Waals surface area contributed by atoms with E-state index in [1.165, 1.54) is 33.0 Å². The normalized spacial score (nSPS) is 12.1. The van der Waals surface area contributed by atoms with Gasteiger partial charge in [-0.05, 0) is 189 Å². The smallest absolute Gasteiger partial charge is 0.0540 e. The molecule has 1 aliphatic carbocycles. The first-order valence-electron chi connectivity index (χ1n) is 28.6. The number of fused-ring (bicyclic) bond motifs is 4. The summed E-state index contributed by atoms with van der Waals surface area (Å²) in [4.78, 5) is 9.40. The highest BCUT2D eigenvalue weighted by Gasteiger charge is 2.36. The lowest BCUT2D eigenvalue weighted by molar-refractivity contribution is 0.660. The monoisotopic (exact) mass is 1060 g/mol. The minimum Gasteiger partial charge on any atom is -0.311 e. The number of rotatable bonds is 14. The van der Waals surface area contributed by atoms with Crippen molar-refractivity contribution in [2.45, 2.75) is 19.3 Å². The Labute approximate surface area is 487 Å². The summed E-state index contributed by atoms with van der Waals surface area (Å²) in [7, 11) is 0. The SMILES string of the molecule is CC1(C)c2ccccc2-c2ccc(N(c3ccc(-c4ccc(N(c5ccc(-c6ccc(N(c7ccccc7)c7ccccc7)cc6)cc5)c5cccc6ccccc56)cc4)cc3)c3ccc(N(c4ccccc4)c4ccccc4)cc3)cc21. The third-order valence-corrected chi connectivity index (χ3v) is 16.4. The molecule has 0 bridgehead atoms. The molecule has 396 valence electrons. The van der Waals surface area contributed by atoms with Gasteiger partial charge in [0.25, 0.3) is 0 Å². The fraction of sp³-hybridized carbons (Fsp3) is 0.0380. The van der Waals surface area contributed by atoms with Gasteiger partial charge in [0.1, 0.15) is 0 Å². The highest BCUT2D eigenvalue weighted by Crippen LogP contribution is 2.51. The predicted octanol–water partition coefficient (Wildman–Crippen LogP) is 22.4. The molecule has 0 radical (unpaired) electrons. The molecule has 0 atom stereocenters. The predicted molar refractivity (Wildman–Crippen MR) is 351 cm³/mol. The second kappa shape index (κ2) is 21.8. The van der Waals surface area contributed by atoms with Gasteiger partial charge in [0.05, 0.1) is 5.69 Å². The molecular formula is C79H60N4. The van der Waals surface area contributed by atoms with Crippen LogP contribution in [0.4, 0.5) is 68.2 Å². The standard InChI is InChI=1S/C79H60N4/c1-79(2)76-32-18-17-31-74(76)75-55-54-72(56-77(75)79)82(69-52-50-68(51-53-69)81(64-26-11-5-12-27-64)65-28-13-6-14-29-65)67-44-36-58(37-45-67)60-40-48-71(49-41-60)83(78-33-19-21-61-20-15-16-30-73(61)78)70-46-38-59(39-47-70)57-34-42-66(43-35-57)80(62-22-7-3-8-23-62)63-24-9-4-10-25-63/h3-56H,1-2H3. The minimum absolute atomic E-state index is 0.144. The van der Waals surface area contributed by atoms with Gasteiger partial charge in [-0.3, -0.25) is 0 Å². The summed E-state index contributed by atoms with van der Waals surface area (Å²) in [5, 5.41) is 2.39. The van der Waals surface area contributed by atoms with Crippen molar-refractivity contribution in [3.8, 4) is 33.4 Å². The first-order valence-corrected chi connectivity index (χ1v) is 28.6. The zero-order chi connectivity index (χ0) is 55.7. The van der Waals surface area contributed by atoms with Crippen molar-refractivity contribution in [2.24, 2.45) is 0 Å². The van der Waals surface area contributed by atoms with Crippen molar-refractivity contribution in [1.82, 2.24) is 0 Å². The third kappa shape index (κ3) is 9.66. The van der Waals surface area contributed by atoms with Crippen molar-refractivity contribution in [2.75, 3.05) is 19.6 Å². The molecule has 83 heavy (non-hydrogen) atoms. The largest absolute Gasteiger partial charge is 0.311 e. The average Bonchev–Trinajstić information content (AvgIpc) is 3.29. The van der Waals surface area contributed by atoms with Gasteiger partial charge in [0, 0.05) is 73.4 Å². The maximum atomic E-state index is 2.41. The number of nitrogens with zero attached hydrogens (tertiary/aromatic N) is 4. The van der Waals surface area contributed by atoms with Crippen LogP contribution >= 0.6 is 0 Å². The van der Waals surface area contributed by atoms with E-state index in [1.807, 2.05) is 0 Å². The Morgan fingerprint density at radius 1 is 0.217 bits per heavy atom. The molecule has 4 nitrogen and oxygen atoms in total. The molecule has 0 N–H and O–H groups in total. The zero-order valence-electron chi connectivity index (χ0n) is 46.5. The Morgan fingerprint density at radius 3 is 0.952 bits per heavy atom. The van der Waals surface area contributed by atoms with E-state index in [2.05, 4.69) is 361 Å². The van der Waals surface area contributed by atoms with Crippen molar-refractivity contribution in [3.63, 3.8) is 0 Å².